The highest BCUT2D eigenvalue weighted by molar-refractivity contribution is 9.10. The highest BCUT2D eigenvalue weighted by atomic mass is 79.9. The SMILES string of the molecule is CC(=O)OCC1OC(OCC2OC(Nc3ccc(Br)cc3)C(OC(C)=O)C(OC(C)=O)C2OC(C)=O)C(OC(C)=O)C(OC(C)=O)C1OC(C)=O. The minimum Gasteiger partial charge on any atom is -0.463 e. The zero-order valence-electron chi connectivity index (χ0n) is 28.8. The van der Waals surface area contributed by atoms with Crippen LogP contribution in [-0.2, 0) is 80.9 Å². The molecular weight excluding hydrogens is 750 g/mol. The second-order valence-electron chi connectivity index (χ2n) is 11.4. The van der Waals surface area contributed by atoms with Crippen molar-refractivity contribution in [2.24, 2.45) is 0 Å². The van der Waals surface area contributed by atoms with Gasteiger partial charge in [0.05, 0.1) is 6.61 Å². The third-order valence-electron chi connectivity index (χ3n) is 7.07. The molecule has 51 heavy (non-hydrogen) atoms. The van der Waals surface area contributed by atoms with Crippen molar-refractivity contribution in [2.45, 2.75) is 110 Å². The summed E-state index contributed by atoms with van der Waals surface area (Å²) in [5.74, 6) is -5.65. The van der Waals surface area contributed by atoms with Crippen molar-refractivity contribution in [3.63, 3.8) is 0 Å². The molecule has 1 N–H and O–H groups in total. The summed E-state index contributed by atoms with van der Waals surface area (Å²) in [6, 6.07) is 6.81. The fourth-order valence-corrected chi connectivity index (χ4v) is 5.63. The van der Waals surface area contributed by atoms with Gasteiger partial charge in [0.15, 0.2) is 49.1 Å². The molecule has 0 spiro atoms. The first-order valence-corrected chi connectivity index (χ1v) is 16.4. The first-order chi connectivity index (χ1) is 23.9. The third-order valence-corrected chi connectivity index (χ3v) is 7.59. The predicted molar refractivity (Wildman–Crippen MR) is 171 cm³/mol. The van der Waals surface area contributed by atoms with E-state index in [0.29, 0.717) is 5.69 Å². The van der Waals surface area contributed by atoms with Crippen molar-refractivity contribution < 1.29 is 80.9 Å². The lowest BCUT2D eigenvalue weighted by Gasteiger charge is -2.46. The molecule has 2 fully saturated rings. The van der Waals surface area contributed by atoms with Crippen LogP contribution in [0, 0.1) is 0 Å². The molecule has 19 heteroatoms. The molecule has 0 amide bonds. The molecule has 2 aliphatic heterocycles. The molecule has 0 aromatic heterocycles. The minimum atomic E-state index is -1.62. The van der Waals surface area contributed by atoms with Gasteiger partial charge in [0, 0.05) is 58.6 Å². The van der Waals surface area contributed by atoms with E-state index in [1.54, 1.807) is 24.3 Å². The lowest BCUT2D eigenvalue weighted by atomic mass is 9.96. The molecule has 2 saturated heterocycles. The molecular formula is C32H40BrNO17. The number of halogens is 1. The van der Waals surface area contributed by atoms with Gasteiger partial charge in [-0.2, -0.15) is 0 Å². The Morgan fingerprint density at radius 1 is 0.549 bits per heavy atom. The normalized spacial score (nSPS) is 28.6. The average Bonchev–Trinajstić information content (AvgIpc) is 3.00. The Balaban J connectivity index is 2.06. The number of anilines is 1. The number of hydrogen-bond donors (Lipinski definition) is 1. The first kappa shape index (κ1) is 41.1. The second kappa shape index (κ2) is 18.8. The minimum absolute atomic E-state index is 0.493. The van der Waals surface area contributed by atoms with Crippen LogP contribution < -0.4 is 5.32 Å². The molecule has 0 bridgehead atoms. The Bertz CT molecular complexity index is 1440. The van der Waals surface area contributed by atoms with E-state index < -0.39 is 116 Å². The van der Waals surface area contributed by atoms with Crippen molar-refractivity contribution in [3.05, 3.63) is 28.7 Å². The van der Waals surface area contributed by atoms with Crippen LogP contribution in [0.1, 0.15) is 48.5 Å². The molecule has 2 aliphatic rings. The van der Waals surface area contributed by atoms with Crippen LogP contribution >= 0.6 is 15.9 Å². The monoisotopic (exact) mass is 789 g/mol. The molecule has 282 valence electrons. The van der Waals surface area contributed by atoms with Crippen LogP contribution in [0.15, 0.2) is 28.7 Å². The van der Waals surface area contributed by atoms with E-state index in [0.717, 1.165) is 52.9 Å². The van der Waals surface area contributed by atoms with Crippen molar-refractivity contribution in [3.8, 4) is 0 Å². The summed E-state index contributed by atoms with van der Waals surface area (Å²) in [6.45, 7) is 6.58. The molecule has 1 aromatic rings. The highest BCUT2D eigenvalue weighted by Crippen LogP contribution is 2.33. The second-order valence-corrected chi connectivity index (χ2v) is 12.3. The maximum Gasteiger partial charge on any atom is 0.303 e. The largest absolute Gasteiger partial charge is 0.463 e. The van der Waals surface area contributed by atoms with Crippen LogP contribution in [-0.4, -0.2) is 116 Å². The Kier molecular flexibility index (Phi) is 15.1. The number of carbonyl (C=O) groups is 7. The van der Waals surface area contributed by atoms with E-state index in [-0.39, 0.29) is 0 Å². The summed E-state index contributed by atoms with van der Waals surface area (Å²) in [5, 5.41) is 3.07. The summed E-state index contributed by atoms with van der Waals surface area (Å²) in [5.41, 5.74) is 0.493. The number of benzene rings is 1. The van der Waals surface area contributed by atoms with Crippen LogP contribution in [0.3, 0.4) is 0 Å². The van der Waals surface area contributed by atoms with Crippen molar-refractivity contribution in [1.82, 2.24) is 0 Å². The van der Waals surface area contributed by atoms with Gasteiger partial charge in [0.2, 0.25) is 0 Å². The number of hydrogen-bond acceptors (Lipinski definition) is 18. The van der Waals surface area contributed by atoms with Gasteiger partial charge in [-0.3, -0.25) is 33.6 Å². The number of carbonyl (C=O) groups excluding carboxylic acids is 7. The molecule has 3 rings (SSSR count). The lowest BCUT2D eigenvalue weighted by molar-refractivity contribution is -0.318. The Morgan fingerprint density at radius 3 is 1.43 bits per heavy atom. The molecule has 0 aliphatic carbocycles. The van der Waals surface area contributed by atoms with Crippen LogP contribution in [0.4, 0.5) is 5.69 Å². The summed E-state index contributed by atoms with van der Waals surface area (Å²) in [4.78, 5) is 85.2. The Morgan fingerprint density at radius 2 is 0.961 bits per heavy atom. The topological polar surface area (TPSA) is 224 Å². The zero-order valence-corrected chi connectivity index (χ0v) is 30.4. The van der Waals surface area contributed by atoms with Crippen molar-refractivity contribution in [2.75, 3.05) is 18.5 Å². The maximum absolute atomic E-state index is 12.3. The van der Waals surface area contributed by atoms with Crippen molar-refractivity contribution in [1.29, 1.82) is 0 Å². The van der Waals surface area contributed by atoms with Gasteiger partial charge >= 0.3 is 41.8 Å². The van der Waals surface area contributed by atoms with Gasteiger partial charge < -0.3 is 52.7 Å². The predicted octanol–water partition coefficient (Wildman–Crippen LogP) is 1.48. The fraction of sp³-hybridized carbons (Fsp3) is 0.594. The summed E-state index contributed by atoms with van der Waals surface area (Å²) in [7, 11) is 0. The summed E-state index contributed by atoms with van der Waals surface area (Å²) in [6.07, 6.45) is -14.3. The molecule has 18 nitrogen and oxygen atoms in total. The van der Waals surface area contributed by atoms with Gasteiger partial charge in [-0.05, 0) is 24.3 Å². The van der Waals surface area contributed by atoms with E-state index in [9.17, 15) is 33.6 Å². The van der Waals surface area contributed by atoms with E-state index in [1.807, 2.05) is 0 Å². The Hall–Kier alpha value is -4.33. The average molecular weight is 791 g/mol. The Labute approximate surface area is 301 Å². The van der Waals surface area contributed by atoms with Gasteiger partial charge in [0.1, 0.15) is 18.8 Å². The molecule has 0 saturated carbocycles. The number of nitrogens with one attached hydrogen (secondary N) is 1. The van der Waals surface area contributed by atoms with Crippen LogP contribution in [0.25, 0.3) is 0 Å². The summed E-state index contributed by atoms with van der Waals surface area (Å²) < 4.78 is 57.1. The standard InChI is InChI=1S/C32H40BrNO17/c1-14(35)42-12-24-26(45-16(3)37)28(47-18(5)39)30(49-20(7)41)32(51-24)43-13-23-25(44-15(2)36)27(46-17(4)38)29(48-19(6)40)31(50-23)34-22-10-8-21(33)9-11-22/h8-11,23-32,34H,12-13H2,1-7H3. The van der Waals surface area contributed by atoms with Crippen LogP contribution in [0.2, 0.25) is 0 Å². The van der Waals surface area contributed by atoms with E-state index in [1.165, 1.54) is 0 Å². The smallest absolute Gasteiger partial charge is 0.303 e. The number of esters is 7. The fourth-order valence-electron chi connectivity index (χ4n) is 5.37. The maximum atomic E-state index is 12.3. The van der Waals surface area contributed by atoms with E-state index in [4.69, 9.17) is 47.4 Å². The molecule has 10 atom stereocenters. The zero-order chi connectivity index (χ0) is 38.0. The van der Waals surface area contributed by atoms with Gasteiger partial charge in [0.25, 0.3) is 0 Å². The molecule has 2 heterocycles. The number of rotatable bonds is 13. The van der Waals surface area contributed by atoms with E-state index in [2.05, 4.69) is 21.2 Å². The van der Waals surface area contributed by atoms with Crippen LogP contribution in [0.5, 0.6) is 0 Å². The van der Waals surface area contributed by atoms with Gasteiger partial charge in [-0.15, -0.1) is 0 Å². The highest BCUT2D eigenvalue weighted by Gasteiger charge is 2.55. The summed E-state index contributed by atoms with van der Waals surface area (Å²) >= 11 is 3.35. The number of ether oxygens (including phenoxy) is 10. The quantitative estimate of drug-likeness (QED) is 0.221. The van der Waals surface area contributed by atoms with Crippen molar-refractivity contribution >= 4 is 63.4 Å². The van der Waals surface area contributed by atoms with E-state index >= 15 is 0 Å². The lowest BCUT2D eigenvalue weighted by Crippen LogP contribution is -2.65. The van der Waals surface area contributed by atoms with Gasteiger partial charge in [-0.25, -0.2) is 0 Å². The molecule has 10 unspecified atom stereocenters. The van der Waals surface area contributed by atoms with Gasteiger partial charge in [-0.1, -0.05) is 15.9 Å². The first-order valence-electron chi connectivity index (χ1n) is 15.6. The third kappa shape index (κ3) is 12.4. The molecule has 1 aromatic carbocycles. The molecule has 0 radical (unpaired) electrons.